The van der Waals surface area contributed by atoms with Crippen molar-refractivity contribution < 1.29 is 4.79 Å². The van der Waals surface area contributed by atoms with E-state index in [9.17, 15) is 9.59 Å². The lowest BCUT2D eigenvalue weighted by atomic mass is 10.1. The molecule has 6 heteroatoms. The van der Waals surface area contributed by atoms with Gasteiger partial charge in [-0.3, -0.25) is 9.59 Å². The molecule has 1 aromatic heterocycles. The van der Waals surface area contributed by atoms with E-state index < -0.39 is 0 Å². The maximum absolute atomic E-state index is 13.4. The maximum Gasteiger partial charge on any atom is 0.254 e. The molecule has 0 aliphatic rings. The number of hydrogen-bond acceptors (Lipinski definition) is 2. The highest BCUT2D eigenvalue weighted by atomic mass is 79.9. The van der Waals surface area contributed by atoms with Gasteiger partial charge in [-0.2, -0.15) is 0 Å². The average Bonchev–Trinajstić information content (AvgIpc) is 2.75. The number of pyridine rings is 1. The van der Waals surface area contributed by atoms with E-state index in [-0.39, 0.29) is 18.0 Å². The molecule has 4 nitrogen and oxygen atoms in total. The van der Waals surface area contributed by atoms with E-state index in [1.807, 2.05) is 61.5 Å². The van der Waals surface area contributed by atoms with Crippen LogP contribution in [-0.4, -0.2) is 15.8 Å². The minimum absolute atomic E-state index is 0.166. The van der Waals surface area contributed by atoms with Crippen molar-refractivity contribution in [2.45, 2.75) is 20.0 Å². The van der Waals surface area contributed by atoms with Gasteiger partial charge >= 0.3 is 0 Å². The zero-order chi connectivity index (χ0) is 22.0. The van der Waals surface area contributed by atoms with E-state index in [2.05, 4.69) is 20.9 Å². The molecular formula is C25H20BrClN2O2. The van der Waals surface area contributed by atoms with Gasteiger partial charge < -0.3 is 9.88 Å². The summed E-state index contributed by atoms with van der Waals surface area (Å²) in [5.41, 5.74) is 3.54. The lowest BCUT2D eigenvalue weighted by Crippen LogP contribution is -2.32. The zero-order valence-electron chi connectivity index (χ0n) is 16.9. The smallest absolute Gasteiger partial charge is 0.254 e. The summed E-state index contributed by atoms with van der Waals surface area (Å²) in [6.07, 6.45) is 0. The van der Waals surface area contributed by atoms with E-state index in [1.54, 1.807) is 23.1 Å². The number of carbonyl (C=O) groups is 1. The molecule has 0 radical (unpaired) electrons. The van der Waals surface area contributed by atoms with Gasteiger partial charge in [0.1, 0.15) is 0 Å². The second kappa shape index (κ2) is 9.08. The minimum Gasteiger partial charge on any atom is -0.330 e. The van der Waals surface area contributed by atoms with E-state index in [0.717, 1.165) is 26.5 Å². The molecule has 0 atom stereocenters. The number of aromatic amines is 1. The van der Waals surface area contributed by atoms with Crippen molar-refractivity contribution in [3.05, 3.63) is 115 Å². The highest BCUT2D eigenvalue weighted by Gasteiger charge is 2.19. The summed E-state index contributed by atoms with van der Waals surface area (Å²) in [7, 11) is 0. The summed E-state index contributed by atoms with van der Waals surface area (Å²) in [6, 6.07) is 22.4. The van der Waals surface area contributed by atoms with Crippen LogP contribution in [0.4, 0.5) is 0 Å². The minimum atomic E-state index is -0.203. The molecule has 0 spiro atoms. The first kappa shape index (κ1) is 21.3. The Balaban J connectivity index is 1.72. The topological polar surface area (TPSA) is 53.2 Å². The average molecular weight is 496 g/mol. The number of H-pyrrole nitrogens is 1. The molecule has 3 aromatic carbocycles. The molecule has 156 valence electrons. The Labute approximate surface area is 193 Å². The van der Waals surface area contributed by atoms with Crippen LogP contribution in [0, 0.1) is 6.92 Å². The van der Waals surface area contributed by atoms with Gasteiger partial charge in [-0.15, -0.1) is 0 Å². The van der Waals surface area contributed by atoms with Crippen molar-refractivity contribution in [1.82, 2.24) is 9.88 Å². The van der Waals surface area contributed by atoms with Gasteiger partial charge in [0.25, 0.3) is 11.5 Å². The highest BCUT2D eigenvalue weighted by molar-refractivity contribution is 9.10. The molecule has 4 rings (SSSR count). The lowest BCUT2D eigenvalue weighted by Gasteiger charge is -2.23. The third-order valence-corrected chi connectivity index (χ3v) is 6.03. The monoisotopic (exact) mass is 494 g/mol. The van der Waals surface area contributed by atoms with Gasteiger partial charge in [0.2, 0.25) is 0 Å². The number of hydrogen-bond donors (Lipinski definition) is 1. The molecule has 1 heterocycles. The summed E-state index contributed by atoms with van der Waals surface area (Å²) in [5, 5.41) is 1.51. The molecule has 0 saturated heterocycles. The number of amides is 1. The van der Waals surface area contributed by atoms with Crippen molar-refractivity contribution in [2.75, 3.05) is 0 Å². The molecule has 0 saturated carbocycles. The number of halogens is 2. The zero-order valence-corrected chi connectivity index (χ0v) is 19.2. The lowest BCUT2D eigenvalue weighted by molar-refractivity contribution is 0.0729. The van der Waals surface area contributed by atoms with Crippen LogP contribution in [0.1, 0.15) is 27.0 Å². The van der Waals surface area contributed by atoms with Gasteiger partial charge in [-0.1, -0.05) is 57.9 Å². The molecule has 4 aromatic rings. The Hall–Kier alpha value is -2.89. The summed E-state index contributed by atoms with van der Waals surface area (Å²) >= 11 is 9.75. The Morgan fingerprint density at radius 3 is 2.42 bits per heavy atom. The van der Waals surface area contributed by atoms with E-state index in [1.165, 1.54) is 0 Å². The fourth-order valence-electron chi connectivity index (χ4n) is 3.49. The van der Waals surface area contributed by atoms with Gasteiger partial charge in [0.05, 0.1) is 6.54 Å². The number of aromatic nitrogens is 1. The first-order valence-electron chi connectivity index (χ1n) is 9.81. The number of benzene rings is 3. The Bertz CT molecular complexity index is 1320. The van der Waals surface area contributed by atoms with Crippen LogP contribution in [0.2, 0.25) is 5.02 Å². The third kappa shape index (κ3) is 4.89. The maximum atomic E-state index is 13.4. The second-order valence-electron chi connectivity index (χ2n) is 7.47. The van der Waals surface area contributed by atoms with Gasteiger partial charge in [0, 0.05) is 32.7 Å². The van der Waals surface area contributed by atoms with Crippen LogP contribution in [0.3, 0.4) is 0 Å². The summed E-state index contributed by atoms with van der Waals surface area (Å²) in [6.45, 7) is 2.44. The van der Waals surface area contributed by atoms with Crippen LogP contribution in [-0.2, 0) is 13.1 Å². The molecule has 1 amide bonds. The SMILES string of the molecule is Cc1ccc2cc(CN(Cc3ccccc3Cl)C(=O)c3ccc(Br)cc3)c(=O)[nH]c2c1. The quantitative estimate of drug-likeness (QED) is 0.364. The number of nitrogens with one attached hydrogen (secondary N) is 1. The van der Waals surface area contributed by atoms with Crippen molar-refractivity contribution in [2.24, 2.45) is 0 Å². The fraction of sp³-hybridized carbons (Fsp3) is 0.120. The van der Waals surface area contributed by atoms with Crippen LogP contribution in [0.25, 0.3) is 10.9 Å². The van der Waals surface area contributed by atoms with Crippen LogP contribution >= 0.6 is 27.5 Å². The normalized spacial score (nSPS) is 10.9. The second-order valence-corrected chi connectivity index (χ2v) is 8.80. The van der Waals surface area contributed by atoms with Gasteiger partial charge in [-0.05, 0) is 65.9 Å². The molecule has 0 unspecified atom stereocenters. The van der Waals surface area contributed by atoms with Crippen molar-refractivity contribution in [3.8, 4) is 0 Å². The Kier molecular flexibility index (Phi) is 6.25. The number of rotatable bonds is 5. The summed E-state index contributed by atoms with van der Waals surface area (Å²) in [5.74, 6) is -0.171. The highest BCUT2D eigenvalue weighted by Crippen LogP contribution is 2.21. The van der Waals surface area contributed by atoms with Crippen LogP contribution in [0.15, 0.2) is 82.1 Å². The van der Waals surface area contributed by atoms with Crippen LogP contribution < -0.4 is 5.56 Å². The van der Waals surface area contributed by atoms with Crippen molar-refractivity contribution in [3.63, 3.8) is 0 Å². The largest absolute Gasteiger partial charge is 0.330 e. The molecule has 0 aliphatic heterocycles. The predicted octanol–water partition coefficient (Wildman–Crippen LogP) is 6.10. The van der Waals surface area contributed by atoms with E-state index in [4.69, 9.17) is 11.6 Å². The molecule has 0 bridgehead atoms. The van der Waals surface area contributed by atoms with Crippen LogP contribution in [0.5, 0.6) is 0 Å². The number of carbonyl (C=O) groups excluding carboxylic acids is 1. The fourth-order valence-corrected chi connectivity index (χ4v) is 3.95. The standard InChI is InChI=1S/C25H20BrClN2O2/c1-16-6-7-18-13-20(24(30)28-23(18)12-16)15-29(14-19-4-2-3-5-22(19)27)25(31)17-8-10-21(26)11-9-17/h2-13H,14-15H2,1H3,(H,28,30). The number of fused-ring (bicyclic) bond motifs is 1. The van der Waals surface area contributed by atoms with Crippen molar-refractivity contribution >= 4 is 44.3 Å². The molecule has 1 N–H and O–H groups in total. The van der Waals surface area contributed by atoms with E-state index >= 15 is 0 Å². The predicted molar refractivity (Wildman–Crippen MR) is 128 cm³/mol. The first-order chi connectivity index (χ1) is 14.9. The number of aryl methyl sites for hydroxylation is 1. The number of nitrogens with zero attached hydrogens (tertiary/aromatic N) is 1. The summed E-state index contributed by atoms with van der Waals surface area (Å²) < 4.78 is 0.892. The third-order valence-electron chi connectivity index (χ3n) is 5.14. The molecular weight excluding hydrogens is 476 g/mol. The Morgan fingerprint density at radius 1 is 0.968 bits per heavy atom. The Morgan fingerprint density at radius 2 is 1.68 bits per heavy atom. The molecule has 0 aliphatic carbocycles. The molecule has 0 fully saturated rings. The first-order valence-corrected chi connectivity index (χ1v) is 11.0. The van der Waals surface area contributed by atoms with E-state index in [0.29, 0.717) is 22.7 Å². The van der Waals surface area contributed by atoms with Crippen molar-refractivity contribution in [1.29, 1.82) is 0 Å². The van der Waals surface area contributed by atoms with Gasteiger partial charge in [0.15, 0.2) is 0 Å². The molecule has 31 heavy (non-hydrogen) atoms. The van der Waals surface area contributed by atoms with Gasteiger partial charge in [-0.25, -0.2) is 0 Å². The summed E-state index contributed by atoms with van der Waals surface area (Å²) in [4.78, 5) is 30.7.